The van der Waals surface area contributed by atoms with Gasteiger partial charge in [-0.1, -0.05) is 36.4 Å². The third-order valence-electron chi connectivity index (χ3n) is 4.59. The number of nitrogens with zero attached hydrogens (tertiary/aromatic N) is 2. The van der Waals surface area contributed by atoms with Crippen LogP contribution in [0.2, 0.25) is 0 Å². The highest BCUT2D eigenvalue weighted by Crippen LogP contribution is 2.34. The highest BCUT2D eigenvalue weighted by atomic mass is 16.3. The molecule has 3 nitrogen and oxygen atoms in total. The van der Waals surface area contributed by atoms with Crippen LogP contribution in [0.3, 0.4) is 0 Å². The minimum atomic E-state index is -0.391. The highest BCUT2D eigenvalue weighted by Gasteiger charge is 2.33. The first-order chi connectivity index (χ1) is 10.6. The van der Waals surface area contributed by atoms with E-state index < -0.39 is 6.10 Å². The van der Waals surface area contributed by atoms with Crippen LogP contribution in [0.5, 0.6) is 0 Å². The SMILES string of the molecule is CN(C)c1cccc(CN(C)C2Cc3ccccc3C2O)c1. The molecule has 3 rings (SSSR count). The molecule has 2 unspecified atom stereocenters. The first-order valence-electron chi connectivity index (χ1n) is 7.78. The molecule has 3 heteroatoms. The van der Waals surface area contributed by atoms with Gasteiger partial charge in [0.25, 0.3) is 0 Å². The van der Waals surface area contributed by atoms with Crippen molar-refractivity contribution in [2.75, 3.05) is 26.0 Å². The van der Waals surface area contributed by atoms with Gasteiger partial charge in [0, 0.05) is 32.4 Å². The van der Waals surface area contributed by atoms with Gasteiger partial charge in [-0.25, -0.2) is 0 Å². The molecule has 2 aromatic carbocycles. The van der Waals surface area contributed by atoms with Crippen molar-refractivity contribution in [2.24, 2.45) is 0 Å². The topological polar surface area (TPSA) is 26.7 Å². The maximum Gasteiger partial charge on any atom is 0.0951 e. The molecule has 116 valence electrons. The molecule has 0 aliphatic heterocycles. The van der Waals surface area contributed by atoms with Gasteiger partial charge in [0.05, 0.1) is 6.10 Å². The second-order valence-electron chi connectivity index (χ2n) is 6.39. The zero-order valence-corrected chi connectivity index (χ0v) is 13.5. The molecule has 1 N–H and O–H groups in total. The number of hydrogen-bond donors (Lipinski definition) is 1. The van der Waals surface area contributed by atoms with Crippen LogP contribution in [0.4, 0.5) is 5.69 Å². The fourth-order valence-corrected chi connectivity index (χ4v) is 3.29. The summed E-state index contributed by atoms with van der Waals surface area (Å²) in [5.74, 6) is 0. The summed E-state index contributed by atoms with van der Waals surface area (Å²) < 4.78 is 0. The van der Waals surface area contributed by atoms with E-state index in [1.165, 1.54) is 16.8 Å². The fourth-order valence-electron chi connectivity index (χ4n) is 3.29. The molecular weight excluding hydrogens is 272 g/mol. The van der Waals surface area contributed by atoms with Crippen molar-refractivity contribution in [2.45, 2.75) is 25.1 Å². The van der Waals surface area contributed by atoms with Gasteiger partial charge in [0.15, 0.2) is 0 Å². The molecule has 0 bridgehead atoms. The number of aliphatic hydroxyl groups excluding tert-OH is 1. The summed E-state index contributed by atoms with van der Waals surface area (Å²) in [5.41, 5.74) is 4.84. The Hall–Kier alpha value is -1.84. The maximum atomic E-state index is 10.6. The van der Waals surface area contributed by atoms with E-state index in [4.69, 9.17) is 0 Å². The van der Waals surface area contributed by atoms with E-state index in [0.717, 1.165) is 18.5 Å². The first-order valence-corrected chi connectivity index (χ1v) is 7.78. The Labute approximate surface area is 132 Å². The second kappa shape index (κ2) is 6.11. The van der Waals surface area contributed by atoms with Gasteiger partial charge in [-0.05, 0) is 42.3 Å². The molecule has 22 heavy (non-hydrogen) atoms. The average molecular weight is 296 g/mol. The smallest absolute Gasteiger partial charge is 0.0951 e. The second-order valence-corrected chi connectivity index (χ2v) is 6.39. The summed E-state index contributed by atoms with van der Waals surface area (Å²) in [6.07, 6.45) is 0.527. The zero-order chi connectivity index (χ0) is 15.7. The monoisotopic (exact) mass is 296 g/mol. The molecule has 0 radical (unpaired) electrons. The van der Waals surface area contributed by atoms with Crippen LogP contribution in [0.1, 0.15) is 22.8 Å². The van der Waals surface area contributed by atoms with E-state index in [-0.39, 0.29) is 6.04 Å². The van der Waals surface area contributed by atoms with E-state index in [0.29, 0.717) is 0 Å². The van der Waals surface area contributed by atoms with Crippen LogP contribution in [-0.2, 0) is 13.0 Å². The Morgan fingerprint density at radius 2 is 1.82 bits per heavy atom. The summed E-state index contributed by atoms with van der Waals surface area (Å²) in [6.45, 7) is 0.845. The Morgan fingerprint density at radius 3 is 2.55 bits per heavy atom. The predicted molar refractivity (Wildman–Crippen MR) is 91.1 cm³/mol. The normalized spacial score (nSPS) is 20.2. The average Bonchev–Trinajstić information content (AvgIpc) is 2.85. The van der Waals surface area contributed by atoms with Gasteiger partial charge >= 0.3 is 0 Å². The lowest BCUT2D eigenvalue weighted by molar-refractivity contribution is 0.0721. The van der Waals surface area contributed by atoms with Gasteiger partial charge < -0.3 is 10.0 Å². The maximum absolute atomic E-state index is 10.6. The molecule has 2 aromatic rings. The van der Waals surface area contributed by atoms with Gasteiger partial charge in [-0.15, -0.1) is 0 Å². The van der Waals surface area contributed by atoms with Crippen LogP contribution in [0.15, 0.2) is 48.5 Å². The molecule has 2 atom stereocenters. The third-order valence-corrected chi connectivity index (χ3v) is 4.59. The molecule has 0 saturated heterocycles. The standard InChI is InChI=1S/C19H24N2O/c1-20(2)16-9-6-7-14(11-16)13-21(3)18-12-15-8-4-5-10-17(15)19(18)22/h4-11,18-19,22H,12-13H2,1-3H3. The van der Waals surface area contributed by atoms with Gasteiger partial charge in [0.2, 0.25) is 0 Å². The molecule has 0 fully saturated rings. The number of likely N-dealkylation sites (N-methyl/N-ethyl adjacent to an activating group) is 1. The van der Waals surface area contributed by atoms with E-state index in [2.05, 4.69) is 67.3 Å². The van der Waals surface area contributed by atoms with Crippen molar-refractivity contribution >= 4 is 5.69 Å². The Morgan fingerprint density at radius 1 is 1.05 bits per heavy atom. The molecule has 0 spiro atoms. The number of benzene rings is 2. The summed E-state index contributed by atoms with van der Waals surface area (Å²) in [6, 6.07) is 16.9. The minimum Gasteiger partial charge on any atom is -0.387 e. The third kappa shape index (κ3) is 2.87. The van der Waals surface area contributed by atoms with Crippen molar-refractivity contribution < 1.29 is 5.11 Å². The van der Waals surface area contributed by atoms with E-state index >= 15 is 0 Å². The van der Waals surface area contributed by atoms with Crippen LogP contribution < -0.4 is 4.90 Å². The Balaban J connectivity index is 1.73. The summed E-state index contributed by atoms with van der Waals surface area (Å²) in [4.78, 5) is 4.38. The molecule has 0 saturated carbocycles. The van der Waals surface area contributed by atoms with Gasteiger partial charge in [-0.2, -0.15) is 0 Å². The van der Waals surface area contributed by atoms with Gasteiger partial charge in [0.1, 0.15) is 0 Å². The van der Waals surface area contributed by atoms with Crippen LogP contribution in [-0.4, -0.2) is 37.2 Å². The first kappa shape index (κ1) is 15.1. The fraction of sp³-hybridized carbons (Fsp3) is 0.368. The largest absolute Gasteiger partial charge is 0.387 e. The summed E-state index contributed by atoms with van der Waals surface area (Å²) in [7, 11) is 6.21. The zero-order valence-electron chi connectivity index (χ0n) is 13.5. The lowest BCUT2D eigenvalue weighted by Crippen LogP contribution is -2.34. The van der Waals surface area contributed by atoms with Crippen molar-refractivity contribution in [3.8, 4) is 0 Å². The summed E-state index contributed by atoms with van der Waals surface area (Å²) in [5, 5.41) is 10.6. The molecule has 0 aromatic heterocycles. The van der Waals surface area contributed by atoms with Crippen molar-refractivity contribution in [1.82, 2.24) is 4.90 Å². The van der Waals surface area contributed by atoms with Crippen molar-refractivity contribution in [1.29, 1.82) is 0 Å². The number of aliphatic hydroxyl groups is 1. The molecule has 1 aliphatic rings. The van der Waals surface area contributed by atoms with Crippen LogP contribution in [0, 0.1) is 0 Å². The molecule has 0 heterocycles. The van der Waals surface area contributed by atoms with Crippen LogP contribution in [0.25, 0.3) is 0 Å². The number of fused-ring (bicyclic) bond motifs is 1. The highest BCUT2D eigenvalue weighted by molar-refractivity contribution is 5.47. The quantitative estimate of drug-likeness (QED) is 0.940. The molecule has 1 aliphatic carbocycles. The van der Waals surface area contributed by atoms with Crippen molar-refractivity contribution in [3.05, 3.63) is 65.2 Å². The predicted octanol–water partition coefficient (Wildman–Crippen LogP) is 2.84. The Bertz CT molecular complexity index is 653. The van der Waals surface area contributed by atoms with Crippen LogP contribution >= 0.6 is 0 Å². The number of hydrogen-bond acceptors (Lipinski definition) is 3. The lowest BCUT2D eigenvalue weighted by atomic mass is 10.1. The van der Waals surface area contributed by atoms with E-state index in [1.807, 2.05) is 12.1 Å². The molecular formula is C19H24N2O. The van der Waals surface area contributed by atoms with E-state index in [9.17, 15) is 5.11 Å². The minimum absolute atomic E-state index is 0.153. The van der Waals surface area contributed by atoms with Crippen molar-refractivity contribution in [3.63, 3.8) is 0 Å². The van der Waals surface area contributed by atoms with Gasteiger partial charge in [-0.3, -0.25) is 4.90 Å². The summed E-state index contributed by atoms with van der Waals surface area (Å²) >= 11 is 0. The lowest BCUT2D eigenvalue weighted by Gasteiger charge is -2.27. The molecule has 0 amide bonds. The Kier molecular flexibility index (Phi) is 4.19. The van der Waals surface area contributed by atoms with E-state index in [1.54, 1.807) is 0 Å². The number of anilines is 1. The number of rotatable bonds is 4.